The van der Waals surface area contributed by atoms with Gasteiger partial charge in [-0.05, 0) is 30.3 Å². The molecule has 1 N–H and O–H groups in total. The first kappa shape index (κ1) is 16.2. The molecule has 0 bridgehead atoms. The molecule has 0 aromatic heterocycles. The molecule has 0 spiro atoms. The zero-order chi connectivity index (χ0) is 16.8. The van der Waals surface area contributed by atoms with Gasteiger partial charge in [-0.15, -0.1) is 0 Å². The van der Waals surface area contributed by atoms with Crippen molar-refractivity contribution in [1.29, 1.82) is 0 Å². The molecule has 0 unspecified atom stereocenters. The zero-order valence-corrected chi connectivity index (χ0v) is 14.6. The molecule has 0 saturated heterocycles. The van der Waals surface area contributed by atoms with Gasteiger partial charge in [-0.25, -0.2) is 0 Å². The third-order valence-corrected chi connectivity index (χ3v) is 4.77. The van der Waals surface area contributed by atoms with Gasteiger partial charge >= 0.3 is 0 Å². The molecule has 2 aromatic carbocycles. The lowest BCUT2D eigenvalue weighted by Gasteiger charge is -2.21. The second kappa shape index (κ2) is 5.74. The maximum Gasteiger partial charge on any atom is 0.263 e. The molecule has 4 nitrogen and oxygen atoms in total. The number of aliphatic hydroxyl groups is 1. The Morgan fingerprint density at radius 1 is 1.26 bits per heavy atom. The number of ketones is 1. The summed E-state index contributed by atoms with van der Waals surface area (Å²) in [6.45, 7) is 0. The molecule has 23 heavy (non-hydrogen) atoms. The van der Waals surface area contributed by atoms with E-state index in [2.05, 4.69) is 15.9 Å². The molecule has 118 valence electrons. The first-order valence-electron chi connectivity index (χ1n) is 6.92. The van der Waals surface area contributed by atoms with Crippen molar-refractivity contribution in [2.24, 2.45) is 0 Å². The number of nitrogens with zero attached hydrogens (tertiary/aromatic N) is 1. The molecule has 1 aliphatic rings. The summed E-state index contributed by atoms with van der Waals surface area (Å²) in [5, 5.41) is 11.3. The van der Waals surface area contributed by atoms with Gasteiger partial charge in [0.05, 0.1) is 12.1 Å². The fourth-order valence-electron chi connectivity index (χ4n) is 2.78. The van der Waals surface area contributed by atoms with Gasteiger partial charge in [0.25, 0.3) is 5.91 Å². The van der Waals surface area contributed by atoms with E-state index in [-0.39, 0.29) is 12.2 Å². The van der Waals surface area contributed by atoms with Crippen LogP contribution in [0.5, 0.6) is 0 Å². The van der Waals surface area contributed by atoms with E-state index in [4.69, 9.17) is 11.6 Å². The number of carbonyl (C=O) groups is 2. The fraction of sp³-hybridized carbons (Fsp3) is 0.176. The SMILES string of the molecule is CN1C(=O)[C@](O)(CC(=O)c2ccc(Br)cc2)c2cc(Cl)ccc21. The van der Waals surface area contributed by atoms with Gasteiger partial charge in [-0.1, -0.05) is 39.7 Å². The average Bonchev–Trinajstić information content (AvgIpc) is 2.70. The lowest BCUT2D eigenvalue weighted by molar-refractivity contribution is -0.135. The monoisotopic (exact) mass is 393 g/mol. The molecule has 0 saturated carbocycles. The van der Waals surface area contributed by atoms with Crippen molar-refractivity contribution in [1.82, 2.24) is 0 Å². The van der Waals surface area contributed by atoms with Crippen molar-refractivity contribution >= 4 is 44.9 Å². The number of Topliss-reactive ketones (excluding diaryl/α,β-unsaturated/α-hetero) is 1. The van der Waals surface area contributed by atoms with Crippen LogP contribution in [-0.4, -0.2) is 23.8 Å². The van der Waals surface area contributed by atoms with Crippen LogP contribution in [0.25, 0.3) is 0 Å². The van der Waals surface area contributed by atoms with Crippen LogP contribution in [0.1, 0.15) is 22.3 Å². The number of benzene rings is 2. The summed E-state index contributed by atoms with van der Waals surface area (Å²) in [7, 11) is 1.57. The van der Waals surface area contributed by atoms with Crippen molar-refractivity contribution in [2.45, 2.75) is 12.0 Å². The number of rotatable bonds is 3. The Hall–Kier alpha value is -1.69. The number of amides is 1. The minimum absolute atomic E-state index is 0.311. The third kappa shape index (κ3) is 2.69. The second-order valence-electron chi connectivity index (χ2n) is 5.49. The lowest BCUT2D eigenvalue weighted by Crippen LogP contribution is -2.40. The molecule has 1 atom stereocenters. The van der Waals surface area contributed by atoms with Crippen molar-refractivity contribution in [3.8, 4) is 0 Å². The number of likely N-dealkylation sites (N-methyl/N-ethyl adjacent to an activating group) is 1. The highest BCUT2D eigenvalue weighted by atomic mass is 79.9. The zero-order valence-electron chi connectivity index (χ0n) is 12.2. The average molecular weight is 395 g/mol. The Kier molecular flexibility index (Phi) is 4.04. The van der Waals surface area contributed by atoms with E-state index in [1.807, 2.05) is 0 Å². The topological polar surface area (TPSA) is 57.6 Å². The van der Waals surface area contributed by atoms with Crippen molar-refractivity contribution in [3.63, 3.8) is 0 Å². The van der Waals surface area contributed by atoms with Crippen LogP contribution in [-0.2, 0) is 10.4 Å². The molecule has 3 rings (SSSR count). The number of hydrogen-bond acceptors (Lipinski definition) is 3. The Balaban J connectivity index is 1.98. The highest BCUT2D eigenvalue weighted by molar-refractivity contribution is 9.10. The van der Waals surface area contributed by atoms with Gasteiger partial charge in [-0.2, -0.15) is 0 Å². The molecule has 1 heterocycles. The fourth-order valence-corrected chi connectivity index (χ4v) is 3.21. The van der Waals surface area contributed by atoms with E-state index < -0.39 is 11.5 Å². The van der Waals surface area contributed by atoms with Crippen LogP contribution >= 0.6 is 27.5 Å². The second-order valence-corrected chi connectivity index (χ2v) is 6.84. The number of fused-ring (bicyclic) bond motifs is 1. The van der Waals surface area contributed by atoms with E-state index >= 15 is 0 Å². The summed E-state index contributed by atoms with van der Waals surface area (Å²) in [5.41, 5.74) is -0.528. The molecule has 6 heteroatoms. The quantitative estimate of drug-likeness (QED) is 0.810. The molecule has 0 aliphatic carbocycles. The Bertz CT molecular complexity index is 806. The summed E-state index contributed by atoms with van der Waals surface area (Å²) in [5.74, 6) is -0.838. The van der Waals surface area contributed by atoms with Crippen molar-refractivity contribution < 1.29 is 14.7 Å². The largest absolute Gasteiger partial charge is 0.375 e. The lowest BCUT2D eigenvalue weighted by atomic mass is 9.88. The minimum atomic E-state index is -1.89. The van der Waals surface area contributed by atoms with Gasteiger partial charge in [0.2, 0.25) is 0 Å². The minimum Gasteiger partial charge on any atom is -0.375 e. The third-order valence-electron chi connectivity index (χ3n) is 4.01. The summed E-state index contributed by atoms with van der Waals surface area (Å²) in [4.78, 5) is 26.3. The Morgan fingerprint density at radius 3 is 2.57 bits per heavy atom. The molecule has 0 radical (unpaired) electrons. The summed E-state index contributed by atoms with van der Waals surface area (Å²) < 4.78 is 0.849. The summed E-state index contributed by atoms with van der Waals surface area (Å²) in [6.07, 6.45) is -0.328. The standard InChI is InChI=1S/C17H13BrClNO3/c1-20-14-7-6-12(19)8-13(14)17(23,16(20)22)9-15(21)10-2-4-11(18)5-3-10/h2-8,23H,9H2,1H3/t17-/m0/s1. The van der Waals surface area contributed by atoms with Crippen LogP contribution in [0.3, 0.4) is 0 Å². The maximum atomic E-state index is 12.5. The van der Waals surface area contributed by atoms with Crippen LogP contribution in [0.15, 0.2) is 46.9 Å². The number of anilines is 1. The number of carbonyl (C=O) groups excluding carboxylic acids is 2. The van der Waals surface area contributed by atoms with E-state index in [0.717, 1.165) is 4.47 Å². The van der Waals surface area contributed by atoms with E-state index in [1.54, 1.807) is 43.4 Å². The molecular weight excluding hydrogens is 382 g/mol. The van der Waals surface area contributed by atoms with Gasteiger partial charge in [0, 0.05) is 27.7 Å². The highest BCUT2D eigenvalue weighted by Crippen LogP contribution is 2.43. The maximum absolute atomic E-state index is 12.5. The van der Waals surface area contributed by atoms with E-state index in [1.165, 1.54) is 11.0 Å². The Labute approximate surface area is 146 Å². The molecule has 1 aliphatic heterocycles. The predicted molar refractivity (Wildman–Crippen MR) is 91.8 cm³/mol. The van der Waals surface area contributed by atoms with E-state index in [0.29, 0.717) is 21.8 Å². The molecule has 2 aromatic rings. The summed E-state index contributed by atoms with van der Waals surface area (Å²) >= 11 is 9.29. The first-order valence-corrected chi connectivity index (χ1v) is 8.09. The summed E-state index contributed by atoms with van der Waals surface area (Å²) in [6, 6.07) is 11.6. The van der Waals surface area contributed by atoms with Gasteiger partial charge in [0.1, 0.15) is 0 Å². The number of hydrogen-bond donors (Lipinski definition) is 1. The van der Waals surface area contributed by atoms with Crippen molar-refractivity contribution in [2.75, 3.05) is 11.9 Å². The van der Waals surface area contributed by atoms with Gasteiger partial charge < -0.3 is 10.0 Å². The molecule has 1 amide bonds. The van der Waals surface area contributed by atoms with Crippen LogP contribution in [0.2, 0.25) is 5.02 Å². The van der Waals surface area contributed by atoms with Crippen molar-refractivity contribution in [3.05, 3.63) is 63.1 Å². The molecule has 0 fully saturated rings. The van der Waals surface area contributed by atoms with Gasteiger partial charge in [-0.3, -0.25) is 9.59 Å². The first-order chi connectivity index (χ1) is 10.8. The highest BCUT2D eigenvalue weighted by Gasteiger charge is 2.49. The number of halogens is 2. The van der Waals surface area contributed by atoms with E-state index in [9.17, 15) is 14.7 Å². The van der Waals surface area contributed by atoms with Gasteiger partial charge in [0.15, 0.2) is 11.4 Å². The van der Waals surface area contributed by atoms with Crippen LogP contribution in [0, 0.1) is 0 Å². The smallest absolute Gasteiger partial charge is 0.263 e. The predicted octanol–water partition coefficient (Wildman–Crippen LogP) is 3.54. The Morgan fingerprint density at radius 2 is 1.91 bits per heavy atom. The van der Waals surface area contributed by atoms with Crippen LogP contribution < -0.4 is 4.90 Å². The molecular formula is C17H13BrClNO3. The normalized spacial score (nSPS) is 19.8. The van der Waals surface area contributed by atoms with Crippen LogP contribution in [0.4, 0.5) is 5.69 Å².